The Kier molecular flexibility index (Phi) is 3.90. The van der Waals surface area contributed by atoms with Crippen LogP contribution in [0.1, 0.15) is 30.1 Å². The summed E-state index contributed by atoms with van der Waals surface area (Å²) in [4.78, 5) is 4.39. The molecular weight excluding hydrogens is 272 g/mol. The smallest absolute Gasteiger partial charge is 0.120 e. The minimum Gasteiger partial charge on any atom is -0.490 e. The molecule has 1 aromatic heterocycles. The summed E-state index contributed by atoms with van der Waals surface area (Å²) in [6.45, 7) is 0. The molecule has 1 fully saturated rings. The molecular formula is C16H17ClN2O. The number of nitrogens with zero attached hydrogens (tertiary/aromatic N) is 1. The number of hydrogen-bond acceptors (Lipinski definition) is 3. The van der Waals surface area contributed by atoms with Crippen molar-refractivity contribution in [2.45, 2.75) is 25.0 Å². The van der Waals surface area contributed by atoms with Crippen LogP contribution in [0.2, 0.25) is 5.02 Å². The largest absolute Gasteiger partial charge is 0.490 e. The molecule has 1 aliphatic carbocycles. The van der Waals surface area contributed by atoms with Crippen LogP contribution in [0.25, 0.3) is 0 Å². The number of hydrogen-bond donors (Lipinski definition) is 1. The van der Waals surface area contributed by atoms with E-state index in [4.69, 9.17) is 16.3 Å². The first-order chi connectivity index (χ1) is 9.76. The Hall–Kier alpha value is -1.58. The number of halogens is 1. The molecule has 3 nitrogen and oxygen atoms in total. The molecule has 1 heterocycles. The summed E-state index contributed by atoms with van der Waals surface area (Å²) in [5, 5.41) is 3.94. The zero-order valence-corrected chi connectivity index (χ0v) is 12.1. The van der Waals surface area contributed by atoms with Crippen molar-refractivity contribution in [2.75, 3.05) is 7.05 Å². The number of rotatable bonds is 5. The van der Waals surface area contributed by atoms with Crippen molar-refractivity contribution in [1.82, 2.24) is 10.3 Å². The van der Waals surface area contributed by atoms with E-state index in [2.05, 4.69) is 22.4 Å². The van der Waals surface area contributed by atoms with Gasteiger partial charge in [0.05, 0.1) is 22.9 Å². The molecule has 0 bridgehead atoms. The van der Waals surface area contributed by atoms with Crippen molar-refractivity contribution in [3.8, 4) is 5.75 Å². The minimum absolute atomic E-state index is 0.0371. The Morgan fingerprint density at radius 2 is 2.15 bits per heavy atom. The molecule has 1 aromatic carbocycles. The van der Waals surface area contributed by atoms with Crippen LogP contribution in [0.15, 0.2) is 42.6 Å². The van der Waals surface area contributed by atoms with Crippen molar-refractivity contribution < 1.29 is 4.74 Å². The van der Waals surface area contributed by atoms with Gasteiger partial charge in [-0.25, -0.2) is 0 Å². The van der Waals surface area contributed by atoms with Crippen LogP contribution in [-0.2, 0) is 0 Å². The lowest BCUT2D eigenvalue weighted by molar-refractivity contribution is 0.302. The molecule has 0 saturated heterocycles. The first-order valence-corrected chi connectivity index (χ1v) is 7.19. The molecule has 2 aromatic rings. The average Bonchev–Trinajstić information content (AvgIpc) is 3.26. The molecule has 1 atom stereocenters. The van der Waals surface area contributed by atoms with Gasteiger partial charge in [0.1, 0.15) is 5.75 Å². The fraction of sp³-hybridized carbons (Fsp3) is 0.312. The lowest BCUT2D eigenvalue weighted by Crippen LogP contribution is -2.18. The summed E-state index contributed by atoms with van der Waals surface area (Å²) in [5.41, 5.74) is 2.08. The number of ether oxygens (including phenoxy) is 1. The summed E-state index contributed by atoms with van der Waals surface area (Å²) >= 11 is 5.89. The molecule has 1 saturated carbocycles. The Bertz CT molecular complexity index is 581. The number of benzene rings is 1. The minimum atomic E-state index is 0.0371. The maximum Gasteiger partial charge on any atom is 0.120 e. The fourth-order valence-electron chi connectivity index (χ4n) is 2.19. The molecule has 1 unspecified atom stereocenters. The summed E-state index contributed by atoms with van der Waals surface area (Å²) in [6.07, 6.45) is 4.41. The standard InChI is InChI=1S/C16H17ClN2O/c1-18-16(15-8-5-12(17)10-19-15)11-3-2-4-14(9-11)20-13-6-7-13/h2-5,8-10,13,16,18H,6-7H2,1H3. The van der Waals surface area contributed by atoms with E-state index in [1.807, 2.05) is 31.3 Å². The van der Waals surface area contributed by atoms with E-state index in [1.165, 1.54) is 12.8 Å². The highest BCUT2D eigenvalue weighted by Gasteiger charge is 2.24. The summed E-state index contributed by atoms with van der Waals surface area (Å²) < 4.78 is 5.85. The zero-order chi connectivity index (χ0) is 13.9. The molecule has 0 aliphatic heterocycles. The van der Waals surface area contributed by atoms with Crippen LogP contribution in [0.3, 0.4) is 0 Å². The Morgan fingerprint density at radius 3 is 2.80 bits per heavy atom. The zero-order valence-electron chi connectivity index (χ0n) is 11.3. The van der Waals surface area contributed by atoms with Crippen LogP contribution in [0, 0.1) is 0 Å². The van der Waals surface area contributed by atoms with Gasteiger partial charge in [-0.05, 0) is 49.7 Å². The maximum absolute atomic E-state index is 5.89. The predicted octanol–water partition coefficient (Wildman–Crippen LogP) is 3.59. The van der Waals surface area contributed by atoms with E-state index < -0.39 is 0 Å². The average molecular weight is 289 g/mol. The highest BCUT2D eigenvalue weighted by Crippen LogP contribution is 2.29. The molecule has 104 valence electrons. The van der Waals surface area contributed by atoms with Gasteiger partial charge in [0, 0.05) is 6.20 Å². The molecule has 1 aliphatic rings. The SMILES string of the molecule is CNC(c1cccc(OC2CC2)c1)c1ccc(Cl)cn1. The first kappa shape index (κ1) is 13.4. The van der Waals surface area contributed by atoms with Crippen molar-refractivity contribution >= 4 is 11.6 Å². The van der Waals surface area contributed by atoms with Crippen LogP contribution >= 0.6 is 11.6 Å². The lowest BCUT2D eigenvalue weighted by atomic mass is 10.0. The molecule has 1 N–H and O–H groups in total. The normalized spacial score (nSPS) is 15.9. The third kappa shape index (κ3) is 3.11. The summed E-state index contributed by atoms with van der Waals surface area (Å²) in [5.74, 6) is 0.930. The number of aromatic nitrogens is 1. The van der Waals surface area contributed by atoms with E-state index >= 15 is 0 Å². The van der Waals surface area contributed by atoms with Crippen LogP contribution in [0.4, 0.5) is 0 Å². The second-order valence-corrected chi connectivity index (χ2v) is 5.45. The van der Waals surface area contributed by atoms with Gasteiger partial charge in [-0.15, -0.1) is 0 Å². The van der Waals surface area contributed by atoms with Gasteiger partial charge in [-0.1, -0.05) is 23.7 Å². The Morgan fingerprint density at radius 1 is 1.30 bits per heavy atom. The monoisotopic (exact) mass is 288 g/mol. The third-order valence-corrected chi connectivity index (χ3v) is 3.58. The Balaban J connectivity index is 1.85. The predicted molar refractivity (Wildman–Crippen MR) is 80.2 cm³/mol. The number of pyridine rings is 1. The molecule has 0 radical (unpaired) electrons. The topological polar surface area (TPSA) is 34.1 Å². The second kappa shape index (κ2) is 5.81. The van der Waals surface area contributed by atoms with Gasteiger partial charge >= 0.3 is 0 Å². The van der Waals surface area contributed by atoms with E-state index in [-0.39, 0.29) is 6.04 Å². The van der Waals surface area contributed by atoms with Crippen LogP contribution in [-0.4, -0.2) is 18.1 Å². The third-order valence-electron chi connectivity index (χ3n) is 3.35. The van der Waals surface area contributed by atoms with Crippen LogP contribution in [0.5, 0.6) is 5.75 Å². The van der Waals surface area contributed by atoms with E-state index in [0.29, 0.717) is 11.1 Å². The van der Waals surface area contributed by atoms with Crippen molar-refractivity contribution in [3.63, 3.8) is 0 Å². The van der Waals surface area contributed by atoms with E-state index in [1.54, 1.807) is 6.20 Å². The van der Waals surface area contributed by atoms with Gasteiger partial charge in [0.25, 0.3) is 0 Å². The van der Waals surface area contributed by atoms with Crippen molar-refractivity contribution in [1.29, 1.82) is 0 Å². The van der Waals surface area contributed by atoms with Gasteiger partial charge in [0.15, 0.2) is 0 Å². The van der Waals surface area contributed by atoms with Gasteiger partial charge < -0.3 is 10.1 Å². The lowest BCUT2D eigenvalue weighted by Gasteiger charge is -2.17. The van der Waals surface area contributed by atoms with Crippen molar-refractivity contribution in [2.24, 2.45) is 0 Å². The van der Waals surface area contributed by atoms with Crippen molar-refractivity contribution in [3.05, 3.63) is 58.9 Å². The molecule has 20 heavy (non-hydrogen) atoms. The number of nitrogens with one attached hydrogen (secondary N) is 1. The van der Waals surface area contributed by atoms with Crippen LogP contribution < -0.4 is 10.1 Å². The Labute approximate surface area is 123 Å². The van der Waals surface area contributed by atoms with Gasteiger partial charge in [0.2, 0.25) is 0 Å². The molecule has 0 spiro atoms. The quantitative estimate of drug-likeness (QED) is 0.913. The van der Waals surface area contributed by atoms with Gasteiger partial charge in [-0.2, -0.15) is 0 Å². The highest BCUT2D eigenvalue weighted by atomic mass is 35.5. The highest BCUT2D eigenvalue weighted by molar-refractivity contribution is 6.30. The molecule has 3 rings (SSSR count). The van der Waals surface area contributed by atoms with E-state index in [9.17, 15) is 0 Å². The first-order valence-electron chi connectivity index (χ1n) is 6.81. The summed E-state index contributed by atoms with van der Waals surface area (Å²) in [6, 6.07) is 12.0. The molecule has 0 amide bonds. The van der Waals surface area contributed by atoms with E-state index in [0.717, 1.165) is 17.0 Å². The fourth-order valence-corrected chi connectivity index (χ4v) is 2.30. The van der Waals surface area contributed by atoms with Gasteiger partial charge in [-0.3, -0.25) is 4.98 Å². The summed E-state index contributed by atoms with van der Waals surface area (Å²) in [7, 11) is 1.93. The second-order valence-electron chi connectivity index (χ2n) is 5.01. The maximum atomic E-state index is 5.89. The molecule has 4 heteroatoms.